The van der Waals surface area contributed by atoms with Crippen LogP contribution in [0.3, 0.4) is 0 Å². The summed E-state index contributed by atoms with van der Waals surface area (Å²) in [5.41, 5.74) is -3.37. The topological polar surface area (TPSA) is 288 Å². The summed E-state index contributed by atoms with van der Waals surface area (Å²) in [6.45, 7) is 11.2. The number of rotatable bonds is 21. The van der Waals surface area contributed by atoms with E-state index in [0.29, 0.717) is 17.1 Å². The molecule has 5 rings (SSSR count). The lowest BCUT2D eigenvalue weighted by molar-refractivity contribution is -0.179. The Hall–Kier alpha value is -7.25. The van der Waals surface area contributed by atoms with Gasteiger partial charge in [-0.1, -0.05) is 29.4 Å². The number of ether oxygens (including phenoxy) is 6. The molecule has 4 aromatic rings. The van der Waals surface area contributed by atoms with Crippen molar-refractivity contribution < 1.29 is 75.0 Å². The van der Waals surface area contributed by atoms with E-state index >= 15 is 0 Å². The number of carbonyl (C=O) groups excluding carboxylic acids is 5. The van der Waals surface area contributed by atoms with Crippen LogP contribution in [0.15, 0.2) is 76.1 Å². The van der Waals surface area contributed by atoms with Crippen molar-refractivity contribution in [1.29, 1.82) is 0 Å². The molecule has 2 aromatic carbocycles. The number of amides is 3. The second-order valence-corrected chi connectivity index (χ2v) is 20.3. The smallest absolute Gasteiger partial charge is 0.413 e. The average molecular weight is 1030 g/mol. The van der Waals surface area contributed by atoms with E-state index in [0.717, 1.165) is 23.0 Å². The van der Waals surface area contributed by atoms with Crippen molar-refractivity contribution in [2.75, 3.05) is 26.1 Å². The molecule has 0 radical (unpaired) electrons. The molecule has 1 saturated heterocycles. The number of nitrogens with zero attached hydrogens (tertiary/aromatic N) is 4. The van der Waals surface area contributed by atoms with Gasteiger partial charge in [0.15, 0.2) is 22.4 Å². The third-order valence-electron chi connectivity index (χ3n) is 9.78. The number of nitrogens with one attached hydrogen (secondary N) is 2. The number of alkyl carbamates (subject to hydrolysis) is 1. The lowest BCUT2D eigenvalue weighted by Crippen LogP contribution is -2.66. The average Bonchev–Trinajstić information content (AvgIpc) is 3.73. The zero-order valence-corrected chi connectivity index (χ0v) is 42.3. The Morgan fingerprint density at radius 2 is 1.42 bits per heavy atom. The molecule has 3 heterocycles. The highest BCUT2D eigenvalue weighted by Crippen LogP contribution is 2.33. The first kappa shape index (κ1) is 54.7. The summed E-state index contributed by atoms with van der Waals surface area (Å²) in [7, 11) is -2.17. The van der Waals surface area contributed by atoms with E-state index in [1.165, 1.54) is 44.4 Å². The molecule has 0 aliphatic carbocycles. The molecule has 0 saturated carbocycles. The monoisotopic (exact) mass is 1030 g/mol. The molecule has 1 fully saturated rings. The first-order chi connectivity index (χ1) is 33.2. The van der Waals surface area contributed by atoms with Gasteiger partial charge in [0.25, 0.3) is 0 Å². The number of benzene rings is 2. The quantitative estimate of drug-likeness (QED) is 0.0240. The van der Waals surface area contributed by atoms with Crippen molar-refractivity contribution in [2.45, 2.75) is 104 Å². The third kappa shape index (κ3) is 15.6. The zero-order chi connectivity index (χ0) is 52.5. The van der Waals surface area contributed by atoms with Gasteiger partial charge in [-0.2, -0.15) is 13.1 Å². The van der Waals surface area contributed by atoms with Crippen LogP contribution in [0.5, 0.6) is 17.2 Å². The molecule has 3 N–H and O–H groups in total. The van der Waals surface area contributed by atoms with Gasteiger partial charge in [-0.05, 0) is 90.8 Å². The third-order valence-corrected chi connectivity index (χ3v) is 11.5. The van der Waals surface area contributed by atoms with E-state index in [9.17, 15) is 41.7 Å². The fourth-order valence-corrected chi connectivity index (χ4v) is 7.88. The van der Waals surface area contributed by atoms with E-state index in [4.69, 9.17) is 38.1 Å². The molecular formula is C46H56N6O17S2. The number of aromatic nitrogens is 2. The molecule has 23 nitrogen and oxygen atoms in total. The molecule has 0 bridgehead atoms. The summed E-state index contributed by atoms with van der Waals surface area (Å²) in [6.07, 6.45) is -1.52. The van der Waals surface area contributed by atoms with Gasteiger partial charge in [-0.15, -0.1) is 11.3 Å². The number of hydrogen-bond donors (Lipinski definition) is 3. The standard InChI is InChI=1S/C46H56N6O17S2/c1-44(2,3)67-40(56)46(7,8)69-50-38(33-26-70-41(48-33)49-43(58)68-45(4,5)6)36(54)20-32-34(52(39(32)55)71(59,60)61)21-47-42(57)65-25-29-19-35(53)37(64-23-27-11-15-30(62-9)16-12-27)22-51(29)66-24-28-13-17-31(63-10)18-14-28/h11-19,22,26,32,34H,20-21,23-25H2,1-10H3,(H,47,57)(H,48,49,58)(H,59,60,61)/b50-38-/t32-,34+/m0/s1. The number of ketones is 1. The van der Waals surface area contributed by atoms with E-state index < -0.39 is 99.6 Å². The van der Waals surface area contributed by atoms with Gasteiger partial charge < -0.3 is 43.4 Å². The van der Waals surface area contributed by atoms with Crippen LogP contribution in [0.25, 0.3) is 0 Å². The van der Waals surface area contributed by atoms with Gasteiger partial charge in [-0.3, -0.25) is 24.3 Å². The number of hydrogen-bond acceptors (Lipinski definition) is 19. The number of Topliss-reactive ketones (excluding diaryl/α,β-unsaturated/α-hetero) is 1. The number of methoxy groups -OCH3 is 2. The maximum atomic E-state index is 14.1. The van der Waals surface area contributed by atoms with Crippen LogP contribution >= 0.6 is 11.3 Å². The van der Waals surface area contributed by atoms with E-state index in [1.807, 2.05) is 0 Å². The minimum Gasteiger partial charge on any atom is -0.497 e. The van der Waals surface area contributed by atoms with E-state index in [1.54, 1.807) is 90.1 Å². The Morgan fingerprint density at radius 1 is 0.831 bits per heavy atom. The number of anilines is 1. The fraction of sp³-hybridized carbons (Fsp3) is 0.435. The first-order valence-corrected chi connectivity index (χ1v) is 23.9. The zero-order valence-electron chi connectivity index (χ0n) is 40.6. The summed E-state index contributed by atoms with van der Waals surface area (Å²) in [4.78, 5) is 95.1. The van der Waals surface area contributed by atoms with Crippen LogP contribution < -0.4 is 35.1 Å². The van der Waals surface area contributed by atoms with Crippen molar-refractivity contribution in [2.24, 2.45) is 11.1 Å². The Morgan fingerprint density at radius 3 is 1.99 bits per heavy atom. The van der Waals surface area contributed by atoms with Crippen molar-refractivity contribution >= 4 is 62.3 Å². The van der Waals surface area contributed by atoms with Crippen LogP contribution in [-0.4, -0.2) is 106 Å². The highest BCUT2D eigenvalue weighted by Gasteiger charge is 2.54. The fourth-order valence-electron chi connectivity index (χ4n) is 6.27. The van der Waals surface area contributed by atoms with Crippen LogP contribution in [-0.2, 0) is 63.6 Å². The number of oxime groups is 1. The molecule has 3 amide bonds. The van der Waals surface area contributed by atoms with Gasteiger partial charge in [0.1, 0.15) is 48.2 Å². The Bertz CT molecular complexity index is 2780. The molecule has 0 unspecified atom stereocenters. The Kier molecular flexibility index (Phi) is 17.5. The first-order valence-electron chi connectivity index (χ1n) is 21.6. The Labute approximate surface area is 413 Å². The van der Waals surface area contributed by atoms with Crippen LogP contribution in [0.1, 0.15) is 84.3 Å². The van der Waals surface area contributed by atoms with Crippen LogP contribution in [0.4, 0.5) is 14.7 Å². The molecule has 384 valence electrons. The lowest BCUT2D eigenvalue weighted by Gasteiger charge is -2.43. The van der Waals surface area contributed by atoms with Crippen molar-refractivity contribution in [3.05, 3.63) is 98.9 Å². The minimum absolute atomic E-state index is 0.0140. The van der Waals surface area contributed by atoms with Gasteiger partial charge in [-0.25, -0.2) is 23.7 Å². The number of pyridine rings is 1. The van der Waals surface area contributed by atoms with Crippen molar-refractivity contribution in [1.82, 2.24) is 19.3 Å². The largest absolute Gasteiger partial charge is 0.497 e. The molecule has 25 heteroatoms. The summed E-state index contributed by atoms with van der Waals surface area (Å²) in [6, 6.07) is 13.5. The van der Waals surface area contributed by atoms with Gasteiger partial charge in [0, 0.05) is 24.4 Å². The van der Waals surface area contributed by atoms with Crippen molar-refractivity contribution in [3.8, 4) is 17.2 Å². The number of β-lactam (4-membered cyclic amide) rings is 1. The molecule has 2 aromatic heterocycles. The van der Waals surface area contributed by atoms with Crippen molar-refractivity contribution in [3.63, 3.8) is 0 Å². The highest BCUT2D eigenvalue weighted by atomic mass is 32.2. The van der Waals surface area contributed by atoms with Gasteiger partial charge in [0.2, 0.25) is 16.9 Å². The van der Waals surface area contributed by atoms with E-state index in [2.05, 4.69) is 20.8 Å². The maximum absolute atomic E-state index is 14.1. The normalized spacial score (nSPS) is 15.2. The molecule has 2 atom stereocenters. The predicted octanol–water partition coefficient (Wildman–Crippen LogP) is 5.23. The van der Waals surface area contributed by atoms with Gasteiger partial charge in [0.05, 0.1) is 38.1 Å². The predicted molar refractivity (Wildman–Crippen MR) is 254 cm³/mol. The summed E-state index contributed by atoms with van der Waals surface area (Å²) in [5, 5.41) is 10.00. The molecule has 1 aliphatic rings. The number of esters is 1. The lowest BCUT2D eigenvalue weighted by atomic mass is 9.84. The van der Waals surface area contributed by atoms with E-state index in [-0.39, 0.29) is 39.8 Å². The number of carbonyl (C=O) groups is 5. The Balaban J connectivity index is 1.33. The highest BCUT2D eigenvalue weighted by molar-refractivity contribution is 7.84. The second-order valence-electron chi connectivity index (χ2n) is 18.2. The maximum Gasteiger partial charge on any atom is 0.413 e. The SMILES string of the molecule is COc1ccc(COc2cn(OCc3ccc(OC)cc3)c(COC(=O)NC[C@@H]3[C@H](CC(=O)/C(=N\OC(C)(C)C(=O)OC(C)(C)C)c4csc(NC(=O)OC(C)(C)C)n4)C(=O)N3S(=O)(=O)O)cc2=O)cc1. The summed E-state index contributed by atoms with van der Waals surface area (Å²) in [5.74, 6) is -3.35. The minimum atomic E-state index is -5.23. The summed E-state index contributed by atoms with van der Waals surface area (Å²) >= 11 is 0.869. The van der Waals surface area contributed by atoms with Crippen LogP contribution in [0, 0.1) is 5.92 Å². The molecule has 1 aliphatic heterocycles. The second kappa shape index (κ2) is 22.7. The molecule has 71 heavy (non-hydrogen) atoms. The molecular weight excluding hydrogens is 973 g/mol. The van der Waals surface area contributed by atoms with Gasteiger partial charge >= 0.3 is 28.5 Å². The summed E-state index contributed by atoms with van der Waals surface area (Å²) < 4.78 is 68.4. The van der Waals surface area contributed by atoms with Crippen LogP contribution in [0.2, 0.25) is 0 Å². The molecule has 0 spiro atoms. The number of thiazole rings is 1.